The lowest BCUT2D eigenvalue weighted by Crippen LogP contribution is -2.41. The minimum Gasteiger partial charge on any atom is -0.467 e. The third-order valence-electron chi connectivity index (χ3n) is 1.95. The summed E-state index contributed by atoms with van der Waals surface area (Å²) < 4.78 is 41.6. The minimum atomic E-state index is -4.94. The summed E-state index contributed by atoms with van der Waals surface area (Å²) in [5.41, 5.74) is 0. The molecule has 0 aliphatic carbocycles. The molecule has 1 amide bonds. The van der Waals surface area contributed by atoms with Crippen LogP contribution < -0.4 is 0 Å². The number of hydrogen-bond donors (Lipinski definition) is 0. The topological polar surface area (TPSA) is 57.2 Å². The number of hydrogen-bond acceptors (Lipinski definition) is 3. The fourth-order valence-corrected chi connectivity index (χ4v) is 1.21. The Hall–Kier alpha value is -1.97. The first-order valence-corrected chi connectivity index (χ1v) is 4.70. The monoisotopic (exact) mass is 246 g/mol. The Kier molecular flexibility index (Phi) is 4.15. The van der Waals surface area contributed by atoms with E-state index in [-0.39, 0.29) is 25.3 Å². The van der Waals surface area contributed by atoms with Gasteiger partial charge in [-0.3, -0.25) is 4.79 Å². The van der Waals surface area contributed by atoms with Crippen LogP contribution in [0.1, 0.15) is 12.2 Å². The van der Waals surface area contributed by atoms with Crippen LogP contribution in [0, 0.1) is 11.3 Å². The van der Waals surface area contributed by atoms with Crippen molar-refractivity contribution in [3.05, 3.63) is 24.2 Å². The average Bonchev–Trinajstić information content (AvgIpc) is 2.74. The molecule has 1 aromatic rings. The van der Waals surface area contributed by atoms with Gasteiger partial charge in [0.1, 0.15) is 5.76 Å². The van der Waals surface area contributed by atoms with Gasteiger partial charge in [0.2, 0.25) is 0 Å². The molecule has 0 spiro atoms. The van der Waals surface area contributed by atoms with E-state index < -0.39 is 12.1 Å². The Balaban J connectivity index is 2.74. The van der Waals surface area contributed by atoms with Crippen molar-refractivity contribution in [2.45, 2.75) is 19.1 Å². The third-order valence-corrected chi connectivity index (χ3v) is 1.95. The van der Waals surface area contributed by atoms with Gasteiger partial charge in [-0.1, -0.05) is 0 Å². The van der Waals surface area contributed by atoms with E-state index in [9.17, 15) is 18.0 Å². The normalized spacial score (nSPS) is 10.9. The number of amides is 1. The summed E-state index contributed by atoms with van der Waals surface area (Å²) >= 11 is 0. The zero-order chi connectivity index (χ0) is 12.9. The van der Waals surface area contributed by atoms with Gasteiger partial charge in [0, 0.05) is 6.54 Å². The Labute approximate surface area is 95.2 Å². The van der Waals surface area contributed by atoms with Crippen molar-refractivity contribution in [1.82, 2.24) is 4.90 Å². The molecule has 0 bridgehead atoms. The van der Waals surface area contributed by atoms with Crippen LogP contribution >= 0.6 is 0 Å². The Morgan fingerprint density at radius 1 is 1.53 bits per heavy atom. The Morgan fingerprint density at radius 3 is 2.71 bits per heavy atom. The molecule has 0 aromatic carbocycles. The molecule has 0 saturated carbocycles. The van der Waals surface area contributed by atoms with Crippen molar-refractivity contribution in [1.29, 1.82) is 5.26 Å². The van der Waals surface area contributed by atoms with Crippen LogP contribution in [0.2, 0.25) is 0 Å². The highest BCUT2D eigenvalue weighted by Gasteiger charge is 2.42. The molecule has 0 aliphatic rings. The third kappa shape index (κ3) is 3.83. The molecule has 1 aromatic heterocycles. The first-order chi connectivity index (χ1) is 7.95. The van der Waals surface area contributed by atoms with Gasteiger partial charge in [-0.15, -0.1) is 0 Å². The molecule has 0 unspecified atom stereocenters. The minimum absolute atomic E-state index is 0.164. The number of nitrogens with zero attached hydrogens (tertiary/aromatic N) is 2. The Morgan fingerprint density at radius 2 is 2.24 bits per heavy atom. The highest BCUT2D eigenvalue weighted by molar-refractivity contribution is 5.81. The summed E-state index contributed by atoms with van der Waals surface area (Å²) in [5.74, 6) is -1.73. The second-order valence-electron chi connectivity index (χ2n) is 3.21. The van der Waals surface area contributed by atoms with Crippen molar-refractivity contribution in [3.63, 3.8) is 0 Å². The molecule has 0 fully saturated rings. The van der Waals surface area contributed by atoms with Gasteiger partial charge < -0.3 is 9.32 Å². The quantitative estimate of drug-likeness (QED) is 0.817. The second kappa shape index (κ2) is 5.39. The molecule has 17 heavy (non-hydrogen) atoms. The van der Waals surface area contributed by atoms with E-state index in [1.54, 1.807) is 6.07 Å². The fraction of sp³-hybridized carbons (Fsp3) is 0.400. The fourth-order valence-electron chi connectivity index (χ4n) is 1.21. The highest BCUT2D eigenvalue weighted by Crippen LogP contribution is 2.20. The molecular formula is C10H9F3N2O2. The van der Waals surface area contributed by atoms with Crippen LogP contribution in [-0.2, 0) is 11.3 Å². The van der Waals surface area contributed by atoms with Crippen molar-refractivity contribution >= 4 is 5.91 Å². The highest BCUT2D eigenvalue weighted by atomic mass is 19.4. The van der Waals surface area contributed by atoms with Crippen LogP contribution in [0.25, 0.3) is 0 Å². The van der Waals surface area contributed by atoms with Gasteiger partial charge in [-0.05, 0) is 12.1 Å². The molecule has 1 heterocycles. The number of rotatable bonds is 4. The molecule has 1 rings (SSSR count). The summed E-state index contributed by atoms with van der Waals surface area (Å²) in [6.45, 7) is -0.581. The SMILES string of the molecule is N#CCCN(Cc1ccco1)C(=O)C(F)(F)F. The first kappa shape index (κ1) is 13.1. The van der Waals surface area contributed by atoms with Crippen LogP contribution in [0.5, 0.6) is 0 Å². The number of halogens is 3. The lowest BCUT2D eigenvalue weighted by Gasteiger charge is -2.21. The van der Waals surface area contributed by atoms with E-state index in [4.69, 9.17) is 9.68 Å². The number of furan rings is 1. The molecule has 0 atom stereocenters. The number of carbonyl (C=O) groups is 1. The molecule has 0 aliphatic heterocycles. The maximum absolute atomic E-state index is 12.3. The van der Waals surface area contributed by atoms with Crippen molar-refractivity contribution < 1.29 is 22.4 Å². The predicted molar refractivity (Wildman–Crippen MR) is 50.4 cm³/mol. The van der Waals surface area contributed by atoms with Crippen molar-refractivity contribution in [2.75, 3.05) is 6.54 Å². The summed E-state index contributed by atoms with van der Waals surface area (Å²) in [5, 5.41) is 8.33. The molecule has 0 radical (unpaired) electrons. The summed E-state index contributed by atoms with van der Waals surface area (Å²) in [4.78, 5) is 11.6. The van der Waals surface area contributed by atoms with E-state index >= 15 is 0 Å². The lowest BCUT2D eigenvalue weighted by molar-refractivity contribution is -0.186. The van der Waals surface area contributed by atoms with Gasteiger partial charge in [0.05, 0.1) is 25.3 Å². The molecule has 7 heteroatoms. The van der Waals surface area contributed by atoms with Crippen LogP contribution in [0.3, 0.4) is 0 Å². The van der Waals surface area contributed by atoms with Gasteiger partial charge in [-0.2, -0.15) is 18.4 Å². The van der Waals surface area contributed by atoms with Gasteiger partial charge in [-0.25, -0.2) is 0 Å². The molecule has 4 nitrogen and oxygen atoms in total. The largest absolute Gasteiger partial charge is 0.471 e. The first-order valence-electron chi connectivity index (χ1n) is 4.70. The number of nitriles is 1. The van der Waals surface area contributed by atoms with E-state index in [2.05, 4.69) is 0 Å². The molecule has 0 saturated heterocycles. The maximum Gasteiger partial charge on any atom is 0.471 e. The number of carbonyl (C=O) groups excluding carboxylic acids is 1. The predicted octanol–water partition coefficient (Wildman–Crippen LogP) is 2.08. The summed E-state index contributed by atoms with van der Waals surface area (Å²) in [7, 11) is 0. The van der Waals surface area contributed by atoms with Crippen molar-refractivity contribution in [2.24, 2.45) is 0 Å². The number of alkyl halides is 3. The zero-order valence-electron chi connectivity index (χ0n) is 8.70. The van der Waals surface area contributed by atoms with Crippen LogP contribution in [0.4, 0.5) is 13.2 Å². The van der Waals surface area contributed by atoms with Gasteiger partial charge in [0.15, 0.2) is 0 Å². The van der Waals surface area contributed by atoms with Gasteiger partial charge >= 0.3 is 12.1 Å². The summed E-state index contributed by atoms with van der Waals surface area (Å²) in [6.07, 6.45) is -3.81. The molecule has 0 N–H and O–H groups in total. The standard InChI is InChI=1S/C10H9F3N2O2/c11-10(12,13)9(16)15(5-2-4-14)7-8-3-1-6-17-8/h1,3,6H,2,5,7H2. The molecular weight excluding hydrogens is 237 g/mol. The van der Waals surface area contributed by atoms with E-state index in [0.717, 1.165) is 0 Å². The van der Waals surface area contributed by atoms with Gasteiger partial charge in [0.25, 0.3) is 0 Å². The summed E-state index contributed by atoms with van der Waals surface area (Å²) in [6, 6.07) is 4.66. The van der Waals surface area contributed by atoms with E-state index in [1.165, 1.54) is 18.4 Å². The zero-order valence-corrected chi connectivity index (χ0v) is 8.70. The van der Waals surface area contributed by atoms with Crippen LogP contribution in [0.15, 0.2) is 22.8 Å². The van der Waals surface area contributed by atoms with E-state index in [1.807, 2.05) is 0 Å². The maximum atomic E-state index is 12.3. The smallest absolute Gasteiger partial charge is 0.467 e. The lowest BCUT2D eigenvalue weighted by atomic mass is 10.3. The Bertz CT molecular complexity index is 406. The van der Waals surface area contributed by atoms with E-state index in [0.29, 0.717) is 4.90 Å². The average molecular weight is 246 g/mol. The van der Waals surface area contributed by atoms with Crippen molar-refractivity contribution in [3.8, 4) is 6.07 Å². The second-order valence-corrected chi connectivity index (χ2v) is 3.21. The molecule has 92 valence electrons. The van der Waals surface area contributed by atoms with Crippen LogP contribution in [-0.4, -0.2) is 23.5 Å².